The highest BCUT2D eigenvalue weighted by atomic mass is 16.5. The van der Waals surface area contributed by atoms with Gasteiger partial charge in [0, 0.05) is 30.5 Å². The van der Waals surface area contributed by atoms with Gasteiger partial charge in [0.25, 0.3) is 5.62 Å². The van der Waals surface area contributed by atoms with Crippen molar-refractivity contribution in [3.63, 3.8) is 0 Å². The number of nitrogen functional groups attached to an aromatic ring is 1. The highest BCUT2D eigenvalue weighted by Gasteiger charge is 2.16. The number of anilines is 4. The number of nitrogens with two attached hydrogens (primary N) is 1. The first-order valence-corrected chi connectivity index (χ1v) is 10.6. The fraction of sp³-hybridized carbons (Fsp3) is 0.261. The minimum atomic E-state index is -0.519. The molecule has 1 aliphatic rings. The van der Waals surface area contributed by atoms with Gasteiger partial charge in [-0.3, -0.25) is 10.7 Å². The van der Waals surface area contributed by atoms with E-state index in [1.54, 1.807) is 6.07 Å². The molecule has 1 aromatic heterocycles. The molecule has 1 saturated heterocycles. The zero-order valence-corrected chi connectivity index (χ0v) is 17.7. The first-order valence-electron chi connectivity index (χ1n) is 10.6. The molecule has 1 aliphatic heterocycles. The van der Waals surface area contributed by atoms with Crippen molar-refractivity contribution in [2.24, 2.45) is 0 Å². The minimum Gasteiger partial charge on any atom is -0.423 e. The summed E-state index contributed by atoms with van der Waals surface area (Å²) in [5.74, 6) is 0.658. The van der Waals surface area contributed by atoms with Crippen molar-refractivity contribution >= 4 is 29.0 Å². The first kappa shape index (κ1) is 21.2. The molecule has 1 fully saturated rings. The van der Waals surface area contributed by atoms with Crippen LogP contribution in [0, 0.1) is 5.41 Å². The summed E-state index contributed by atoms with van der Waals surface area (Å²) in [4.78, 5) is 18.7. The van der Waals surface area contributed by atoms with Gasteiger partial charge in [0.2, 0.25) is 0 Å². The Bertz CT molecular complexity index is 1130. The highest BCUT2D eigenvalue weighted by Crippen LogP contribution is 2.20. The molecule has 0 radical (unpaired) electrons. The van der Waals surface area contributed by atoms with Crippen molar-refractivity contribution in [1.82, 2.24) is 9.71 Å². The van der Waals surface area contributed by atoms with Gasteiger partial charge in [-0.05, 0) is 61.1 Å². The lowest BCUT2D eigenvalue weighted by atomic mass is 10.0. The zero-order valence-electron chi connectivity index (χ0n) is 17.7. The van der Waals surface area contributed by atoms with Crippen LogP contribution in [0.15, 0.2) is 54.6 Å². The Balaban J connectivity index is 1.40. The maximum atomic E-state index is 12.5. The summed E-state index contributed by atoms with van der Waals surface area (Å²) < 4.78 is 0.558. The van der Waals surface area contributed by atoms with Crippen LogP contribution in [-0.4, -0.2) is 34.0 Å². The van der Waals surface area contributed by atoms with Gasteiger partial charge in [-0.2, -0.15) is 4.98 Å². The molecule has 9 heteroatoms. The van der Waals surface area contributed by atoms with Crippen LogP contribution in [0.3, 0.4) is 0 Å². The number of hydrogen-bond donors (Lipinski definition) is 5. The molecule has 2 amide bonds. The van der Waals surface area contributed by atoms with E-state index >= 15 is 0 Å². The molecular formula is C23H27N7O2. The van der Waals surface area contributed by atoms with Gasteiger partial charge in [0.05, 0.1) is 0 Å². The van der Waals surface area contributed by atoms with Crippen molar-refractivity contribution < 1.29 is 10.0 Å². The van der Waals surface area contributed by atoms with Crippen LogP contribution in [0.4, 0.5) is 27.8 Å². The van der Waals surface area contributed by atoms with Gasteiger partial charge in [-0.1, -0.05) is 24.3 Å². The molecule has 6 N–H and O–H groups in total. The van der Waals surface area contributed by atoms with E-state index in [2.05, 4.69) is 20.5 Å². The van der Waals surface area contributed by atoms with Crippen LogP contribution in [0.2, 0.25) is 0 Å². The summed E-state index contributed by atoms with van der Waals surface area (Å²) in [6.45, 7) is 1.69. The van der Waals surface area contributed by atoms with E-state index in [9.17, 15) is 10.0 Å². The largest absolute Gasteiger partial charge is 0.423 e. The molecule has 0 atom stereocenters. The normalized spacial score (nSPS) is 13.6. The number of hydrogen-bond acceptors (Lipinski definition) is 6. The molecule has 166 valence electrons. The number of nitrogens with zero attached hydrogens (tertiary/aromatic N) is 3. The number of aromatic nitrogens is 2. The summed E-state index contributed by atoms with van der Waals surface area (Å²) >= 11 is 0. The summed E-state index contributed by atoms with van der Waals surface area (Å²) in [5.41, 5.74) is 8.99. The Morgan fingerprint density at radius 2 is 1.62 bits per heavy atom. The van der Waals surface area contributed by atoms with E-state index in [0.29, 0.717) is 16.2 Å². The minimum absolute atomic E-state index is 0.0862. The van der Waals surface area contributed by atoms with Gasteiger partial charge in [-0.25, -0.2) is 4.79 Å². The Hall–Kier alpha value is -4.01. The van der Waals surface area contributed by atoms with Crippen molar-refractivity contribution in [2.45, 2.75) is 25.7 Å². The van der Waals surface area contributed by atoms with Crippen LogP contribution >= 0.6 is 0 Å². The molecule has 9 nitrogen and oxygen atoms in total. The van der Waals surface area contributed by atoms with Crippen LogP contribution in [0.1, 0.15) is 30.4 Å². The van der Waals surface area contributed by atoms with Gasteiger partial charge in [0.1, 0.15) is 5.82 Å². The van der Waals surface area contributed by atoms with Crippen LogP contribution in [0.5, 0.6) is 0 Å². The molecule has 0 aliphatic carbocycles. The molecule has 0 unspecified atom stereocenters. The van der Waals surface area contributed by atoms with E-state index in [0.717, 1.165) is 49.2 Å². The lowest BCUT2D eigenvalue weighted by Gasteiger charge is -2.28. The average Bonchev–Trinajstić information content (AvgIpc) is 2.80. The number of rotatable bonds is 5. The topological polar surface area (TPSA) is 132 Å². The summed E-state index contributed by atoms with van der Waals surface area (Å²) in [6.07, 6.45) is 4.05. The van der Waals surface area contributed by atoms with Crippen LogP contribution < -0.4 is 26.9 Å². The Kier molecular flexibility index (Phi) is 6.25. The number of nitrogens with one attached hydrogen (secondary N) is 3. The molecule has 4 rings (SSSR count). The van der Waals surface area contributed by atoms with Gasteiger partial charge in [0.15, 0.2) is 5.82 Å². The van der Waals surface area contributed by atoms with E-state index in [1.807, 2.05) is 48.5 Å². The summed E-state index contributed by atoms with van der Waals surface area (Å²) in [7, 11) is 0. The van der Waals surface area contributed by atoms with Gasteiger partial charge >= 0.3 is 6.03 Å². The lowest BCUT2D eigenvalue weighted by Crippen LogP contribution is -2.34. The van der Waals surface area contributed by atoms with E-state index < -0.39 is 6.03 Å². The third-order valence-corrected chi connectivity index (χ3v) is 5.44. The van der Waals surface area contributed by atoms with Crippen molar-refractivity contribution in [2.75, 3.05) is 34.4 Å². The second-order valence-corrected chi connectivity index (χ2v) is 7.88. The standard InChI is InChI=1S/C23H27N7O2/c24-18-8-4-16(5-9-18)14-17-6-10-19(11-7-17)26-23(31)28-21-15-20(27-22(25)30(21)32)29-12-2-1-3-13-29/h4-11,15,25,32H,1-3,12-14,24H2,(H2,26,28,31). The molecule has 0 bridgehead atoms. The molecule has 3 aromatic rings. The van der Waals surface area contributed by atoms with Gasteiger partial charge in [-0.15, -0.1) is 4.73 Å². The SMILES string of the molecule is N=c1nc(N2CCCCC2)cc(NC(=O)Nc2ccc(Cc3ccc(N)cc3)cc2)n1O. The quantitative estimate of drug-likeness (QED) is 0.311. The van der Waals surface area contributed by atoms with Crippen molar-refractivity contribution in [1.29, 1.82) is 5.41 Å². The third kappa shape index (κ3) is 5.18. The first-order chi connectivity index (χ1) is 15.5. The molecule has 0 saturated carbocycles. The molecule has 2 aromatic carbocycles. The molecular weight excluding hydrogens is 406 g/mol. The van der Waals surface area contributed by atoms with Crippen LogP contribution in [0.25, 0.3) is 0 Å². The van der Waals surface area contributed by atoms with E-state index in [1.165, 1.54) is 6.42 Å². The monoisotopic (exact) mass is 433 g/mol. The zero-order chi connectivity index (χ0) is 22.5. The third-order valence-electron chi connectivity index (χ3n) is 5.44. The fourth-order valence-corrected chi connectivity index (χ4v) is 3.72. The predicted octanol–water partition coefficient (Wildman–Crippen LogP) is 3.41. The maximum absolute atomic E-state index is 12.5. The second-order valence-electron chi connectivity index (χ2n) is 7.88. The molecule has 32 heavy (non-hydrogen) atoms. The predicted molar refractivity (Wildman–Crippen MR) is 124 cm³/mol. The lowest BCUT2D eigenvalue weighted by molar-refractivity contribution is 0.171. The average molecular weight is 434 g/mol. The van der Waals surface area contributed by atoms with E-state index in [-0.39, 0.29) is 11.4 Å². The number of urea groups is 1. The summed E-state index contributed by atoms with van der Waals surface area (Å²) in [5, 5.41) is 23.4. The Labute approximate surface area is 186 Å². The molecule has 0 spiro atoms. The smallest absolute Gasteiger partial charge is 0.324 e. The number of piperidine rings is 1. The van der Waals surface area contributed by atoms with Crippen molar-refractivity contribution in [3.05, 3.63) is 71.3 Å². The Morgan fingerprint density at radius 3 is 2.28 bits per heavy atom. The van der Waals surface area contributed by atoms with E-state index in [4.69, 9.17) is 11.1 Å². The number of carbonyl (C=O) groups excluding carboxylic acids is 1. The second kappa shape index (κ2) is 9.42. The van der Waals surface area contributed by atoms with Crippen LogP contribution in [-0.2, 0) is 6.42 Å². The number of benzene rings is 2. The van der Waals surface area contributed by atoms with Gasteiger partial charge < -0.3 is 21.2 Å². The number of carbonyl (C=O) groups is 1. The fourth-order valence-electron chi connectivity index (χ4n) is 3.72. The maximum Gasteiger partial charge on any atom is 0.324 e. The molecule has 2 heterocycles. The Morgan fingerprint density at radius 1 is 1.00 bits per heavy atom. The highest BCUT2D eigenvalue weighted by molar-refractivity contribution is 5.99. The van der Waals surface area contributed by atoms with Crippen molar-refractivity contribution in [3.8, 4) is 0 Å². The summed E-state index contributed by atoms with van der Waals surface area (Å²) in [6, 6.07) is 16.3. The number of amides is 2.